The minimum absolute atomic E-state index is 0.0233. The molecule has 1 aromatic rings. The molecule has 1 N–H and O–H groups in total. The summed E-state index contributed by atoms with van der Waals surface area (Å²) in [6.45, 7) is 0. The maximum Gasteiger partial charge on any atom is 0.433 e. The number of hydrogen-bond donors (Lipinski definition) is 1. The van der Waals surface area contributed by atoms with E-state index in [-0.39, 0.29) is 16.0 Å². The summed E-state index contributed by atoms with van der Waals surface area (Å²) in [5, 5.41) is 9.90. The number of nitrogens with zero attached hydrogens (tertiary/aromatic N) is 1. The van der Waals surface area contributed by atoms with Crippen LogP contribution in [0.3, 0.4) is 0 Å². The number of aliphatic hydroxyl groups excluding tert-OH is 1. The maximum absolute atomic E-state index is 12.5. The molecule has 1 aliphatic rings. The molecule has 2 rings (SSSR count). The number of rotatable bonds is 2. The van der Waals surface area contributed by atoms with Crippen LogP contribution in [0.2, 0.25) is 5.15 Å². The summed E-state index contributed by atoms with van der Waals surface area (Å²) in [7, 11) is 0. The number of alkyl halides is 3. The van der Waals surface area contributed by atoms with Crippen LogP contribution in [-0.2, 0) is 6.18 Å². The molecule has 1 saturated heterocycles. The van der Waals surface area contributed by atoms with E-state index in [1.54, 1.807) is 11.8 Å². The Labute approximate surface area is 118 Å². The van der Waals surface area contributed by atoms with Gasteiger partial charge in [0.1, 0.15) is 10.8 Å². The molecule has 0 radical (unpaired) electrons. The van der Waals surface area contributed by atoms with Gasteiger partial charge in [-0.1, -0.05) is 24.1 Å². The van der Waals surface area contributed by atoms with Crippen molar-refractivity contribution >= 4 is 23.4 Å². The van der Waals surface area contributed by atoms with Gasteiger partial charge in [0.25, 0.3) is 0 Å². The lowest BCUT2D eigenvalue weighted by Crippen LogP contribution is -2.20. The summed E-state index contributed by atoms with van der Waals surface area (Å²) in [6, 6.07) is 2.08. The fourth-order valence-corrected chi connectivity index (χ4v) is 3.64. The average molecular weight is 312 g/mol. The molecule has 2 unspecified atom stereocenters. The number of hydrogen-bond acceptors (Lipinski definition) is 3. The molecule has 2 atom stereocenters. The van der Waals surface area contributed by atoms with Gasteiger partial charge in [-0.25, -0.2) is 4.98 Å². The van der Waals surface area contributed by atoms with Gasteiger partial charge in [-0.15, -0.1) is 0 Å². The van der Waals surface area contributed by atoms with Gasteiger partial charge in [0.2, 0.25) is 0 Å². The van der Waals surface area contributed by atoms with Crippen LogP contribution in [0.15, 0.2) is 12.1 Å². The number of aromatic nitrogens is 1. The molecular formula is C12H13ClF3NOS. The minimum Gasteiger partial charge on any atom is -0.387 e. The molecular weight excluding hydrogens is 299 g/mol. The second kappa shape index (κ2) is 5.89. The maximum atomic E-state index is 12.5. The topological polar surface area (TPSA) is 33.1 Å². The molecule has 0 amide bonds. The average Bonchev–Trinajstić information content (AvgIpc) is 2.38. The monoisotopic (exact) mass is 311 g/mol. The van der Waals surface area contributed by atoms with E-state index in [4.69, 9.17) is 11.6 Å². The van der Waals surface area contributed by atoms with Crippen LogP contribution in [0.1, 0.15) is 36.6 Å². The van der Waals surface area contributed by atoms with Gasteiger partial charge < -0.3 is 5.11 Å². The summed E-state index contributed by atoms with van der Waals surface area (Å²) in [6.07, 6.45) is -2.43. The van der Waals surface area contributed by atoms with Crippen LogP contribution in [-0.4, -0.2) is 21.1 Å². The molecule has 7 heteroatoms. The predicted molar refractivity (Wildman–Crippen MR) is 69.3 cm³/mol. The standard InChI is InChI=1S/C12H13ClF3NOS/c13-11-7(4-5-9(17-11)12(14,15)16)10(18)8-3-1-2-6-19-8/h4-5,8,10,18H,1-3,6H2. The first-order chi connectivity index (χ1) is 8.89. The van der Waals surface area contributed by atoms with Crippen LogP contribution < -0.4 is 0 Å². The van der Waals surface area contributed by atoms with E-state index in [0.717, 1.165) is 31.1 Å². The number of halogens is 4. The zero-order chi connectivity index (χ0) is 14.0. The Morgan fingerprint density at radius 3 is 2.63 bits per heavy atom. The van der Waals surface area contributed by atoms with Crippen molar-refractivity contribution in [3.8, 4) is 0 Å². The van der Waals surface area contributed by atoms with Gasteiger partial charge >= 0.3 is 6.18 Å². The largest absolute Gasteiger partial charge is 0.433 e. The first-order valence-electron chi connectivity index (χ1n) is 5.93. The highest BCUT2D eigenvalue weighted by molar-refractivity contribution is 7.99. The lowest BCUT2D eigenvalue weighted by atomic mass is 10.0. The summed E-state index contributed by atoms with van der Waals surface area (Å²) in [5.74, 6) is 0.952. The van der Waals surface area contributed by atoms with Crippen molar-refractivity contribution in [1.82, 2.24) is 4.98 Å². The van der Waals surface area contributed by atoms with Crippen molar-refractivity contribution in [1.29, 1.82) is 0 Å². The Bertz CT molecular complexity index is 449. The van der Waals surface area contributed by atoms with Gasteiger partial charge in [0, 0.05) is 10.8 Å². The third kappa shape index (κ3) is 3.55. The molecule has 0 spiro atoms. The first kappa shape index (κ1) is 14.9. The molecule has 0 aliphatic carbocycles. The number of aliphatic hydroxyl groups is 1. The van der Waals surface area contributed by atoms with E-state index >= 15 is 0 Å². The second-order valence-electron chi connectivity index (χ2n) is 4.42. The smallest absolute Gasteiger partial charge is 0.387 e. The zero-order valence-corrected chi connectivity index (χ0v) is 11.5. The van der Waals surface area contributed by atoms with E-state index in [0.29, 0.717) is 0 Å². The zero-order valence-electron chi connectivity index (χ0n) is 9.95. The van der Waals surface area contributed by atoms with Gasteiger partial charge in [-0.2, -0.15) is 24.9 Å². The van der Waals surface area contributed by atoms with Crippen LogP contribution in [0, 0.1) is 0 Å². The van der Waals surface area contributed by atoms with E-state index in [9.17, 15) is 18.3 Å². The number of pyridine rings is 1. The molecule has 19 heavy (non-hydrogen) atoms. The Kier molecular flexibility index (Phi) is 4.63. The second-order valence-corrected chi connectivity index (χ2v) is 6.13. The summed E-state index contributed by atoms with van der Waals surface area (Å²) >= 11 is 7.40. The van der Waals surface area contributed by atoms with Gasteiger partial charge in [-0.3, -0.25) is 0 Å². The fraction of sp³-hybridized carbons (Fsp3) is 0.583. The predicted octanol–water partition coefficient (Wildman–Crippen LogP) is 4.07. The third-order valence-electron chi connectivity index (χ3n) is 3.05. The molecule has 0 bridgehead atoms. The lowest BCUT2D eigenvalue weighted by molar-refractivity contribution is -0.141. The summed E-state index contributed by atoms with van der Waals surface area (Å²) in [4.78, 5) is 3.33. The molecule has 1 fully saturated rings. The van der Waals surface area contributed by atoms with Gasteiger partial charge in [-0.05, 0) is 24.7 Å². The lowest BCUT2D eigenvalue weighted by Gasteiger charge is -2.26. The van der Waals surface area contributed by atoms with E-state index in [1.165, 1.54) is 6.07 Å². The molecule has 106 valence electrons. The van der Waals surface area contributed by atoms with Crippen LogP contribution in [0.25, 0.3) is 0 Å². The summed E-state index contributed by atoms with van der Waals surface area (Å²) in [5.41, 5.74) is -0.765. The third-order valence-corrected chi connectivity index (χ3v) is 4.80. The highest BCUT2D eigenvalue weighted by Crippen LogP contribution is 2.38. The Morgan fingerprint density at radius 2 is 2.11 bits per heavy atom. The van der Waals surface area contributed by atoms with Crippen molar-refractivity contribution < 1.29 is 18.3 Å². The highest BCUT2D eigenvalue weighted by Gasteiger charge is 2.34. The van der Waals surface area contributed by atoms with Crippen LogP contribution in [0.4, 0.5) is 13.2 Å². The van der Waals surface area contributed by atoms with E-state index in [2.05, 4.69) is 4.98 Å². The minimum atomic E-state index is -4.52. The number of thioether (sulfide) groups is 1. The molecule has 0 saturated carbocycles. The van der Waals surface area contributed by atoms with Crippen LogP contribution >= 0.6 is 23.4 Å². The Balaban J connectivity index is 2.20. The van der Waals surface area contributed by atoms with Crippen molar-refractivity contribution in [3.63, 3.8) is 0 Å². The molecule has 2 heterocycles. The summed E-state index contributed by atoms with van der Waals surface area (Å²) < 4.78 is 37.4. The van der Waals surface area contributed by atoms with Crippen molar-refractivity contribution in [3.05, 3.63) is 28.5 Å². The van der Waals surface area contributed by atoms with Crippen molar-refractivity contribution in [2.45, 2.75) is 36.8 Å². The SMILES string of the molecule is OC(c1ccc(C(F)(F)F)nc1Cl)C1CCCCS1. The normalized spacial score (nSPS) is 22.3. The van der Waals surface area contributed by atoms with E-state index < -0.39 is 18.0 Å². The quantitative estimate of drug-likeness (QED) is 0.836. The van der Waals surface area contributed by atoms with E-state index in [1.807, 2.05) is 0 Å². The van der Waals surface area contributed by atoms with Crippen molar-refractivity contribution in [2.24, 2.45) is 0 Å². The molecule has 1 aromatic heterocycles. The first-order valence-corrected chi connectivity index (χ1v) is 7.35. The highest BCUT2D eigenvalue weighted by atomic mass is 35.5. The van der Waals surface area contributed by atoms with Gasteiger partial charge in [0.05, 0.1) is 6.10 Å². The molecule has 2 nitrogen and oxygen atoms in total. The van der Waals surface area contributed by atoms with Gasteiger partial charge in [0.15, 0.2) is 0 Å². The molecule has 1 aliphatic heterocycles. The Morgan fingerprint density at radius 1 is 1.37 bits per heavy atom. The fourth-order valence-electron chi connectivity index (χ4n) is 2.04. The Hall–Kier alpha value is -0.460. The molecule has 0 aromatic carbocycles. The van der Waals surface area contributed by atoms with Crippen molar-refractivity contribution in [2.75, 3.05) is 5.75 Å². The van der Waals surface area contributed by atoms with Crippen LogP contribution in [0.5, 0.6) is 0 Å².